The number of hydrogen-bond donors (Lipinski definition) is 0. The van der Waals surface area contributed by atoms with Crippen molar-refractivity contribution in [3.8, 4) is 0 Å². The molecular weight excluding hydrogens is 358 g/mol. The Kier molecular flexibility index (Phi) is 4.64. The molecule has 9 nitrogen and oxygen atoms in total. The fourth-order valence-corrected chi connectivity index (χ4v) is 4.05. The smallest absolute Gasteiger partial charge is 0.248 e. The number of rotatable bonds is 6. The molecule has 3 aliphatic rings. The van der Waals surface area contributed by atoms with E-state index in [1.165, 1.54) is 19.3 Å². The molecule has 0 N–H and O–H groups in total. The van der Waals surface area contributed by atoms with Crippen molar-refractivity contribution in [3.63, 3.8) is 0 Å². The molecule has 0 radical (unpaired) electrons. The summed E-state index contributed by atoms with van der Waals surface area (Å²) in [6.07, 6.45) is 3.65. The Bertz CT molecular complexity index is 859. The van der Waals surface area contributed by atoms with E-state index in [4.69, 9.17) is 9.84 Å². The molecule has 2 aromatic heterocycles. The Balaban J connectivity index is 1.17. The molecule has 1 saturated carbocycles. The van der Waals surface area contributed by atoms with Gasteiger partial charge in [0.2, 0.25) is 5.91 Å². The molecule has 4 heterocycles. The molecule has 0 unspecified atom stereocenters. The van der Waals surface area contributed by atoms with Gasteiger partial charge in [0.25, 0.3) is 0 Å². The average molecular weight is 385 g/mol. The number of morpholine rings is 1. The maximum Gasteiger partial charge on any atom is 0.248 e. The molecule has 3 fully saturated rings. The molecule has 5 rings (SSSR count). The Morgan fingerprint density at radius 2 is 2.11 bits per heavy atom. The van der Waals surface area contributed by atoms with Gasteiger partial charge < -0.3 is 14.5 Å². The molecule has 9 heteroatoms. The van der Waals surface area contributed by atoms with Crippen molar-refractivity contribution >= 4 is 17.4 Å². The number of carbonyl (C=O) groups is 1. The van der Waals surface area contributed by atoms with E-state index in [2.05, 4.69) is 27.0 Å². The molecule has 0 aromatic carbocycles. The highest BCUT2D eigenvalue weighted by molar-refractivity contribution is 5.77. The minimum absolute atomic E-state index is 0.101. The van der Waals surface area contributed by atoms with Crippen molar-refractivity contribution in [2.24, 2.45) is 0 Å². The Labute approximate surface area is 164 Å². The Hall–Kier alpha value is -2.26. The van der Waals surface area contributed by atoms with Crippen molar-refractivity contribution in [2.45, 2.75) is 31.2 Å². The summed E-state index contributed by atoms with van der Waals surface area (Å²) in [7, 11) is 2.14. The first-order chi connectivity index (χ1) is 13.7. The van der Waals surface area contributed by atoms with Gasteiger partial charge in [0.1, 0.15) is 12.4 Å². The van der Waals surface area contributed by atoms with Crippen LogP contribution in [0, 0.1) is 0 Å². The highest BCUT2D eigenvalue weighted by Gasteiger charge is 2.32. The average Bonchev–Trinajstić information content (AvgIpc) is 3.01. The predicted molar refractivity (Wildman–Crippen MR) is 103 cm³/mol. The summed E-state index contributed by atoms with van der Waals surface area (Å²) in [6, 6.07) is 4.54. The van der Waals surface area contributed by atoms with E-state index >= 15 is 0 Å². The number of nitrogens with zero attached hydrogens (tertiary/aromatic N) is 7. The van der Waals surface area contributed by atoms with Gasteiger partial charge in [-0.15, -0.1) is 15.3 Å². The van der Waals surface area contributed by atoms with E-state index in [1.807, 2.05) is 21.5 Å². The molecular formula is C19H27N7O2. The zero-order valence-corrected chi connectivity index (χ0v) is 16.3. The van der Waals surface area contributed by atoms with Crippen molar-refractivity contribution in [2.75, 3.05) is 57.9 Å². The number of likely N-dealkylation sites (N-methyl/N-ethyl adjacent to an activating group) is 1. The summed E-state index contributed by atoms with van der Waals surface area (Å²) in [5.41, 5.74) is 0.829. The summed E-state index contributed by atoms with van der Waals surface area (Å²) < 4.78 is 7.12. The summed E-state index contributed by atoms with van der Waals surface area (Å²) >= 11 is 0. The molecule has 2 aliphatic heterocycles. The van der Waals surface area contributed by atoms with E-state index in [0.29, 0.717) is 25.1 Å². The lowest BCUT2D eigenvalue weighted by atomic mass is 9.85. The third-order valence-corrected chi connectivity index (χ3v) is 6.36. The van der Waals surface area contributed by atoms with Crippen LogP contribution in [0.25, 0.3) is 5.65 Å². The molecule has 0 bridgehead atoms. The normalized spacial score (nSPS) is 21.4. The predicted octanol–water partition coefficient (Wildman–Crippen LogP) is 0.371. The number of ether oxygens (including phenoxy) is 1. The largest absolute Gasteiger partial charge is 0.370 e. The molecule has 2 saturated heterocycles. The van der Waals surface area contributed by atoms with E-state index < -0.39 is 0 Å². The first-order valence-corrected chi connectivity index (χ1v) is 10.2. The van der Waals surface area contributed by atoms with Crippen LogP contribution in [0.15, 0.2) is 12.1 Å². The van der Waals surface area contributed by atoms with Gasteiger partial charge >= 0.3 is 0 Å². The van der Waals surface area contributed by atoms with Crippen LogP contribution < -0.4 is 4.90 Å². The van der Waals surface area contributed by atoms with E-state index in [0.717, 1.165) is 43.5 Å². The van der Waals surface area contributed by atoms with Gasteiger partial charge in [0, 0.05) is 44.7 Å². The van der Waals surface area contributed by atoms with E-state index in [-0.39, 0.29) is 12.5 Å². The van der Waals surface area contributed by atoms with Crippen molar-refractivity contribution < 1.29 is 9.53 Å². The van der Waals surface area contributed by atoms with Crippen LogP contribution in [0.4, 0.5) is 5.82 Å². The topological polar surface area (TPSA) is 79.1 Å². The first kappa shape index (κ1) is 17.8. The molecule has 150 valence electrons. The minimum Gasteiger partial charge on any atom is -0.370 e. The quantitative estimate of drug-likeness (QED) is 0.711. The highest BCUT2D eigenvalue weighted by Crippen LogP contribution is 2.35. The van der Waals surface area contributed by atoms with Crippen LogP contribution in [-0.4, -0.2) is 94.5 Å². The molecule has 2 aromatic rings. The molecule has 28 heavy (non-hydrogen) atoms. The second-order valence-electron chi connectivity index (χ2n) is 8.12. The van der Waals surface area contributed by atoms with Gasteiger partial charge in [0.15, 0.2) is 11.5 Å². The zero-order chi connectivity index (χ0) is 19.1. The summed E-state index contributed by atoms with van der Waals surface area (Å²) in [4.78, 5) is 18.4. The SMILES string of the molecule is CN(CCN1CCOCC1=O)C1CN(c2ccc3nnc(C4CCC4)n3n2)C1. The van der Waals surface area contributed by atoms with Crippen molar-refractivity contribution in [1.82, 2.24) is 29.6 Å². The fourth-order valence-electron chi connectivity index (χ4n) is 4.05. The van der Waals surface area contributed by atoms with Gasteiger partial charge in [-0.25, -0.2) is 0 Å². The van der Waals surface area contributed by atoms with Crippen LogP contribution in [0.5, 0.6) is 0 Å². The van der Waals surface area contributed by atoms with Gasteiger partial charge in [-0.2, -0.15) is 4.52 Å². The number of amides is 1. The fraction of sp³-hybridized carbons (Fsp3) is 0.684. The number of aromatic nitrogens is 4. The summed E-state index contributed by atoms with van der Waals surface area (Å²) in [5, 5.41) is 13.4. The summed E-state index contributed by atoms with van der Waals surface area (Å²) in [5.74, 6) is 2.60. The number of anilines is 1. The zero-order valence-electron chi connectivity index (χ0n) is 16.3. The van der Waals surface area contributed by atoms with Crippen molar-refractivity contribution in [3.05, 3.63) is 18.0 Å². The van der Waals surface area contributed by atoms with Gasteiger partial charge in [-0.05, 0) is 32.0 Å². The monoisotopic (exact) mass is 385 g/mol. The molecule has 1 aliphatic carbocycles. The molecule has 0 atom stereocenters. The lowest BCUT2D eigenvalue weighted by Crippen LogP contribution is -2.60. The second kappa shape index (κ2) is 7.29. The van der Waals surface area contributed by atoms with Crippen LogP contribution in [0.1, 0.15) is 31.0 Å². The van der Waals surface area contributed by atoms with Crippen LogP contribution in [0.3, 0.4) is 0 Å². The maximum absolute atomic E-state index is 11.8. The maximum atomic E-state index is 11.8. The lowest BCUT2D eigenvalue weighted by molar-refractivity contribution is -0.142. The Morgan fingerprint density at radius 1 is 1.25 bits per heavy atom. The van der Waals surface area contributed by atoms with Crippen LogP contribution in [-0.2, 0) is 9.53 Å². The van der Waals surface area contributed by atoms with Gasteiger partial charge in [-0.1, -0.05) is 6.42 Å². The van der Waals surface area contributed by atoms with Crippen molar-refractivity contribution in [1.29, 1.82) is 0 Å². The second-order valence-corrected chi connectivity index (χ2v) is 8.12. The highest BCUT2D eigenvalue weighted by atomic mass is 16.5. The standard InChI is InChI=1S/C19H27N7O2/c1-23(7-8-24-9-10-28-13-18(24)27)15-11-25(12-15)17-6-5-16-20-21-19(26(16)22-17)14-3-2-4-14/h5-6,14-15H,2-4,7-13H2,1H3. The lowest BCUT2D eigenvalue weighted by Gasteiger charge is -2.45. The summed E-state index contributed by atoms with van der Waals surface area (Å²) in [6.45, 7) is 5.13. The molecule has 1 amide bonds. The van der Waals surface area contributed by atoms with Gasteiger partial charge in [-0.3, -0.25) is 9.69 Å². The first-order valence-electron chi connectivity index (χ1n) is 10.2. The third-order valence-electron chi connectivity index (χ3n) is 6.36. The van der Waals surface area contributed by atoms with E-state index in [1.54, 1.807) is 0 Å². The molecule has 0 spiro atoms. The van der Waals surface area contributed by atoms with Gasteiger partial charge in [0.05, 0.1) is 6.61 Å². The number of carbonyl (C=O) groups excluding carboxylic acids is 1. The van der Waals surface area contributed by atoms with Crippen LogP contribution in [0.2, 0.25) is 0 Å². The van der Waals surface area contributed by atoms with E-state index in [9.17, 15) is 4.79 Å². The number of hydrogen-bond acceptors (Lipinski definition) is 7. The minimum atomic E-state index is 0.101. The third kappa shape index (κ3) is 3.22. The van der Waals surface area contributed by atoms with Crippen LogP contribution >= 0.6 is 0 Å². The Morgan fingerprint density at radius 3 is 2.86 bits per heavy atom. The number of fused-ring (bicyclic) bond motifs is 1.